The molecule has 0 aliphatic rings. The summed E-state index contributed by atoms with van der Waals surface area (Å²) in [4.78, 5) is 12.3. The first-order chi connectivity index (χ1) is 8.02. The minimum atomic E-state index is -0.0990. The van der Waals surface area contributed by atoms with Crippen molar-refractivity contribution < 1.29 is 4.79 Å². The Bertz CT molecular complexity index is 393. The standard InChI is InChI=1S/C13H20N2OS/c1-9-4-6-12(10(2)8-9)17-11(3)5-7-13(16)15-14/h4,6,8,11H,5,7,14H2,1-3H3,(H,15,16). The Labute approximate surface area is 107 Å². The number of carbonyl (C=O) groups excluding carboxylic acids is 1. The van der Waals surface area contributed by atoms with Crippen LogP contribution in [0.1, 0.15) is 30.9 Å². The number of hydrogen-bond donors (Lipinski definition) is 2. The quantitative estimate of drug-likeness (QED) is 0.366. The largest absolute Gasteiger partial charge is 0.294 e. The van der Waals surface area contributed by atoms with Crippen molar-refractivity contribution in [2.75, 3.05) is 0 Å². The van der Waals surface area contributed by atoms with Crippen LogP contribution in [0.25, 0.3) is 0 Å². The van der Waals surface area contributed by atoms with Crippen LogP contribution in [-0.2, 0) is 4.79 Å². The van der Waals surface area contributed by atoms with Crippen LogP contribution in [0, 0.1) is 13.8 Å². The number of aryl methyl sites for hydroxylation is 2. The van der Waals surface area contributed by atoms with E-state index in [1.54, 1.807) is 0 Å². The van der Waals surface area contributed by atoms with Crippen LogP contribution in [0.3, 0.4) is 0 Å². The first-order valence-corrected chi connectivity index (χ1v) is 6.64. The molecule has 94 valence electrons. The third kappa shape index (κ3) is 4.79. The number of nitrogens with one attached hydrogen (secondary N) is 1. The molecule has 0 radical (unpaired) electrons. The topological polar surface area (TPSA) is 55.1 Å². The van der Waals surface area contributed by atoms with Crippen LogP contribution >= 0.6 is 11.8 Å². The third-order valence-electron chi connectivity index (χ3n) is 2.60. The van der Waals surface area contributed by atoms with E-state index in [1.807, 2.05) is 11.8 Å². The second-order valence-electron chi connectivity index (χ2n) is 4.30. The molecule has 0 fully saturated rings. The molecule has 3 N–H and O–H groups in total. The van der Waals surface area contributed by atoms with Crippen molar-refractivity contribution in [3.63, 3.8) is 0 Å². The molecule has 0 heterocycles. The summed E-state index contributed by atoms with van der Waals surface area (Å²) < 4.78 is 0. The van der Waals surface area contributed by atoms with E-state index in [0.717, 1.165) is 6.42 Å². The zero-order valence-electron chi connectivity index (χ0n) is 10.6. The van der Waals surface area contributed by atoms with E-state index in [9.17, 15) is 4.79 Å². The molecule has 1 amide bonds. The summed E-state index contributed by atoms with van der Waals surface area (Å²) >= 11 is 1.81. The molecule has 1 aromatic carbocycles. The molecule has 0 spiro atoms. The maximum absolute atomic E-state index is 11.0. The minimum Gasteiger partial charge on any atom is -0.294 e. The van der Waals surface area contributed by atoms with Gasteiger partial charge >= 0.3 is 0 Å². The van der Waals surface area contributed by atoms with Gasteiger partial charge in [0.05, 0.1) is 0 Å². The average molecular weight is 252 g/mol. The van der Waals surface area contributed by atoms with Gasteiger partial charge in [0.15, 0.2) is 0 Å². The molecule has 1 aromatic rings. The van der Waals surface area contributed by atoms with Gasteiger partial charge < -0.3 is 0 Å². The van der Waals surface area contributed by atoms with Crippen molar-refractivity contribution in [3.8, 4) is 0 Å². The molecule has 0 aliphatic heterocycles. The van der Waals surface area contributed by atoms with E-state index in [0.29, 0.717) is 11.7 Å². The van der Waals surface area contributed by atoms with Gasteiger partial charge in [-0.25, -0.2) is 5.84 Å². The van der Waals surface area contributed by atoms with Crippen molar-refractivity contribution in [2.45, 2.75) is 43.8 Å². The third-order valence-corrected chi connectivity index (χ3v) is 3.95. The van der Waals surface area contributed by atoms with Crippen LogP contribution in [0.2, 0.25) is 0 Å². The number of hydrogen-bond acceptors (Lipinski definition) is 3. The van der Waals surface area contributed by atoms with Gasteiger partial charge in [-0.3, -0.25) is 10.2 Å². The fourth-order valence-electron chi connectivity index (χ4n) is 1.61. The van der Waals surface area contributed by atoms with Gasteiger partial charge in [-0.05, 0) is 31.9 Å². The van der Waals surface area contributed by atoms with E-state index >= 15 is 0 Å². The molecular formula is C13H20N2OS. The lowest BCUT2D eigenvalue weighted by molar-refractivity contribution is -0.121. The highest BCUT2D eigenvalue weighted by atomic mass is 32.2. The molecule has 4 heteroatoms. The Kier molecular flexibility index (Phi) is 5.51. The summed E-state index contributed by atoms with van der Waals surface area (Å²) in [6.45, 7) is 6.35. The predicted octanol–water partition coefficient (Wildman–Crippen LogP) is 2.55. The summed E-state index contributed by atoms with van der Waals surface area (Å²) in [5.41, 5.74) is 4.73. The number of amides is 1. The molecule has 0 saturated carbocycles. The Morgan fingerprint density at radius 2 is 2.18 bits per heavy atom. The van der Waals surface area contributed by atoms with Crippen LogP contribution in [0.4, 0.5) is 0 Å². The molecular weight excluding hydrogens is 232 g/mol. The molecule has 0 bridgehead atoms. The lowest BCUT2D eigenvalue weighted by Crippen LogP contribution is -2.30. The van der Waals surface area contributed by atoms with E-state index in [1.165, 1.54) is 16.0 Å². The van der Waals surface area contributed by atoms with Crippen LogP contribution in [0.15, 0.2) is 23.1 Å². The van der Waals surface area contributed by atoms with Crippen molar-refractivity contribution in [1.29, 1.82) is 0 Å². The van der Waals surface area contributed by atoms with Gasteiger partial charge in [0, 0.05) is 16.6 Å². The molecule has 1 unspecified atom stereocenters. The molecule has 1 rings (SSSR count). The first-order valence-electron chi connectivity index (χ1n) is 5.76. The van der Waals surface area contributed by atoms with Crippen LogP contribution in [0.5, 0.6) is 0 Å². The zero-order chi connectivity index (χ0) is 12.8. The number of nitrogens with two attached hydrogens (primary N) is 1. The summed E-state index contributed by atoms with van der Waals surface area (Å²) in [6.07, 6.45) is 1.32. The van der Waals surface area contributed by atoms with Crippen molar-refractivity contribution in [1.82, 2.24) is 5.43 Å². The van der Waals surface area contributed by atoms with Crippen LogP contribution < -0.4 is 11.3 Å². The number of thioether (sulfide) groups is 1. The number of hydrazine groups is 1. The van der Waals surface area contributed by atoms with Gasteiger partial charge in [-0.2, -0.15) is 0 Å². The minimum absolute atomic E-state index is 0.0990. The van der Waals surface area contributed by atoms with Gasteiger partial charge in [-0.1, -0.05) is 24.6 Å². The Hall–Kier alpha value is -1.00. The molecule has 0 aliphatic carbocycles. The van der Waals surface area contributed by atoms with Crippen molar-refractivity contribution in [3.05, 3.63) is 29.3 Å². The SMILES string of the molecule is Cc1ccc(SC(C)CCC(=O)NN)c(C)c1. The molecule has 0 saturated heterocycles. The highest BCUT2D eigenvalue weighted by molar-refractivity contribution is 8.00. The smallest absolute Gasteiger partial charge is 0.233 e. The van der Waals surface area contributed by atoms with E-state index in [4.69, 9.17) is 5.84 Å². The van der Waals surface area contributed by atoms with E-state index in [-0.39, 0.29) is 5.91 Å². The lowest BCUT2D eigenvalue weighted by atomic mass is 10.2. The highest BCUT2D eigenvalue weighted by Gasteiger charge is 2.09. The maximum Gasteiger partial charge on any atom is 0.233 e. The Morgan fingerprint density at radius 3 is 2.76 bits per heavy atom. The number of carbonyl (C=O) groups is 1. The molecule has 3 nitrogen and oxygen atoms in total. The van der Waals surface area contributed by atoms with Gasteiger partial charge in [0.2, 0.25) is 5.91 Å². The normalized spacial score (nSPS) is 12.2. The summed E-state index contributed by atoms with van der Waals surface area (Å²) in [5.74, 6) is 4.95. The second kappa shape index (κ2) is 6.67. The van der Waals surface area contributed by atoms with Gasteiger partial charge in [-0.15, -0.1) is 11.8 Å². The van der Waals surface area contributed by atoms with E-state index < -0.39 is 0 Å². The number of benzene rings is 1. The fourth-order valence-corrected chi connectivity index (χ4v) is 2.67. The second-order valence-corrected chi connectivity index (χ2v) is 5.78. The summed E-state index contributed by atoms with van der Waals surface area (Å²) in [5, 5.41) is 0.411. The predicted molar refractivity (Wildman–Crippen MR) is 72.8 cm³/mol. The average Bonchev–Trinajstić information content (AvgIpc) is 2.29. The maximum atomic E-state index is 11.0. The van der Waals surface area contributed by atoms with Gasteiger partial charge in [0.25, 0.3) is 0 Å². The van der Waals surface area contributed by atoms with Crippen molar-refractivity contribution >= 4 is 17.7 Å². The number of rotatable bonds is 5. The van der Waals surface area contributed by atoms with Gasteiger partial charge in [0.1, 0.15) is 0 Å². The lowest BCUT2D eigenvalue weighted by Gasteiger charge is -2.12. The Balaban J connectivity index is 2.50. The Morgan fingerprint density at radius 1 is 1.47 bits per heavy atom. The fraction of sp³-hybridized carbons (Fsp3) is 0.462. The zero-order valence-corrected chi connectivity index (χ0v) is 11.4. The van der Waals surface area contributed by atoms with Crippen LogP contribution in [-0.4, -0.2) is 11.2 Å². The highest BCUT2D eigenvalue weighted by Crippen LogP contribution is 2.29. The first kappa shape index (κ1) is 14.1. The molecule has 0 aromatic heterocycles. The monoisotopic (exact) mass is 252 g/mol. The summed E-state index contributed by atoms with van der Waals surface area (Å²) in [6, 6.07) is 6.45. The molecule has 1 atom stereocenters. The van der Waals surface area contributed by atoms with E-state index in [2.05, 4.69) is 44.4 Å². The molecule has 17 heavy (non-hydrogen) atoms. The summed E-state index contributed by atoms with van der Waals surface area (Å²) in [7, 11) is 0. The van der Waals surface area contributed by atoms with Crippen molar-refractivity contribution in [2.24, 2.45) is 5.84 Å².